The summed E-state index contributed by atoms with van der Waals surface area (Å²) in [5.41, 5.74) is 4.05. The molecule has 10 heteroatoms. The van der Waals surface area contributed by atoms with Crippen molar-refractivity contribution in [1.82, 2.24) is 9.80 Å². The number of benzene rings is 3. The Morgan fingerprint density at radius 3 is 2.06 bits per heavy atom. The number of rotatable bonds is 7. The van der Waals surface area contributed by atoms with Gasteiger partial charge in [0, 0.05) is 39.0 Å². The standard InChI is InChI=1S/C39H48N2O7S/c1-38(2,3)48-37(43)40-21-16-29(17-22-40)26-46-36(42)41-23-19-39(20-24-41)18-15-34-25-33(13-14-35(34)47-39)32-11-9-31(10-12-32)28-49(44,45)27-30-7-5-4-6-8-30/h4-14,25,29H,15-24,26-28H2,1-3H3. The second kappa shape index (κ2) is 14.4. The first-order valence-electron chi connectivity index (χ1n) is 17.4. The van der Waals surface area contributed by atoms with Gasteiger partial charge >= 0.3 is 12.2 Å². The average Bonchev–Trinajstić information content (AvgIpc) is 3.07. The molecule has 49 heavy (non-hydrogen) atoms. The van der Waals surface area contributed by atoms with Crippen molar-refractivity contribution >= 4 is 22.0 Å². The van der Waals surface area contributed by atoms with Crippen LogP contribution in [-0.2, 0) is 37.2 Å². The zero-order valence-corrected chi connectivity index (χ0v) is 29.7. The number of fused-ring (bicyclic) bond motifs is 1. The number of carbonyl (C=O) groups excluding carboxylic acids is 2. The Morgan fingerprint density at radius 2 is 1.41 bits per heavy atom. The molecule has 0 atom stereocenters. The fourth-order valence-corrected chi connectivity index (χ4v) is 8.47. The molecule has 0 unspecified atom stereocenters. The van der Waals surface area contributed by atoms with E-state index in [1.807, 2.05) is 81.4 Å². The molecule has 3 aliphatic heterocycles. The molecular weight excluding hydrogens is 641 g/mol. The normalized spacial score (nSPS) is 18.0. The van der Waals surface area contributed by atoms with Crippen molar-refractivity contribution in [1.29, 1.82) is 0 Å². The first kappa shape index (κ1) is 34.8. The number of hydrogen-bond acceptors (Lipinski definition) is 7. The van der Waals surface area contributed by atoms with E-state index in [0.29, 0.717) is 32.8 Å². The van der Waals surface area contributed by atoms with E-state index in [2.05, 4.69) is 12.1 Å². The number of piperidine rings is 2. The number of ether oxygens (including phenoxy) is 3. The summed E-state index contributed by atoms with van der Waals surface area (Å²) in [7, 11) is -3.28. The van der Waals surface area contributed by atoms with E-state index in [0.717, 1.165) is 72.1 Å². The van der Waals surface area contributed by atoms with Crippen LogP contribution in [-0.4, -0.2) is 74.4 Å². The Kier molecular flexibility index (Phi) is 10.2. The SMILES string of the molecule is CC(C)(C)OC(=O)N1CCC(COC(=O)N2CCC3(CCc4cc(-c5ccc(CS(=O)(=O)Cc6ccccc6)cc5)ccc4O3)CC2)CC1. The van der Waals surface area contributed by atoms with Crippen LogP contribution in [0.25, 0.3) is 11.1 Å². The molecular formula is C39H48N2O7S. The van der Waals surface area contributed by atoms with Gasteiger partial charge < -0.3 is 24.0 Å². The van der Waals surface area contributed by atoms with Crippen LogP contribution in [0.2, 0.25) is 0 Å². The highest BCUT2D eigenvalue weighted by Gasteiger charge is 2.41. The molecule has 0 bridgehead atoms. The lowest BCUT2D eigenvalue weighted by molar-refractivity contribution is -0.0174. The Labute approximate surface area is 290 Å². The van der Waals surface area contributed by atoms with Gasteiger partial charge in [-0.05, 0) is 92.3 Å². The summed E-state index contributed by atoms with van der Waals surface area (Å²) in [5.74, 6) is 1.17. The number of hydrogen-bond donors (Lipinski definition) is 0. The molecule has 0 N–H and O–H groups in total. The molecule has 9 nitrogen and oxygen atoms in total. The summed E-state index contributed by atoms with van der Waals surface area (Å²) in [6.45, 7) is 8.37. The molecule has 0 radical (unpaired) electrons. The van der Waals surface area contributed by atoms with E-state index in [1.165, 1.54) is 0 Å². The molecule has 0 saturated carbocycles. The minimum absolute atomic E-state index is 0.00813. The second-order valence-corrected chi connectivity index (χ2v) is 16.9. The zero-order chi connectivity index (χ0) is 34.6. The number of sulfone groups is 1. The van der Waals surface area contributed by atoms with Crippen LogP contribution < -0.4 is 4.74 Å². The third kappa shape index (κ3) is 9.15. The molecule has 2 fully saturated rings. The molecule has 6 rings (SSSR count). The van der Waals surface area contributed by atoms with Gasteiger partial charge in [0.25, 0.3) is 0 Å². The summed E-state index contributed by atoms with van der Waals surface area (Å²) in [5, 5.41) is 0. The summed E-state index contributed by atoms with van der Waals surface area (Å²) in [6.07, 6.45) is 4.31. The average molecular weight is 689 g/mol. The van der Waals surface area contributed by atoms with Gasteiger partial charge in [-0.25, -0.2) is 18.0 Å². The van der Waals surface area contributed by atoms with Crippen molar-refractivity contribution in [2.45, 2.75) is 82.0 Å². The van der Waals surface area contributed by atoms with Crippen molar-refractivity contribution in [2.24, 2.45) is 5.92 Å². The molecule has 2 saturated heterocycles. The smallest absolute Gasteiger partial charge is 0.410 e. The van der Waals surface area contributed by atoms with E-state index in [4.69, 9.17) is 14.2 Å². The maximum atomic E-state index is 12.9. The van der Waals surface area contributed by atoms with Crippen molar-refractivity contribution in [2.75, 3.05) is 32.8 Å². The van der Waals surface area contributed by atoms with Gasteiger partial charge in [0.2, 0.25) is 0 Å². The lowest BCUT2D eigenvalue weighted by Gasteiger charge is -2.44. The number of nitrogens with zero attached hydrogens (tertiary/aromatic N) is 2. The highest BCUT2D eigenvalue weighted by atomic mass is 32.2. The van der Waals surface area contributed by atoms with Crippen LogP contribution >= 0.6 is 0 Å². The van der Waals surface area contributed by atoms with E-state index in [-0.39, 0.29) is 35.2 Å². The monoisotopic (exact) mass is 688 g/mol. The quantitative estimate of drug-likeness (QED) is 0.255. The number of aryl methyl sites for hydroxylation is 1. The molecule has 1 spiro atoms. The largest absolute Gasteiger partial charge is 0.487 e. The van der Waals surface area contributed by atoms with Crippen LogP contribution in [0, 0.1) is 5.92 Å². The van der Waals surface area contributed by atoms with Gasteiger partial charge in [-0.2, -0.15) is 0 Å². The maximum absolute atomic E-state index is 12.9. The van der Waals surface area contributed by atoms with E-state index < -0.39 is 15.4 Å². The molecule has 3 aromatic rings. The van der Waals surface area contributed by atoms with Gasteiger partial charge in [0.1, 0.15) is 17.0 Å². The summed E-state index contributed by atoms with van der Waals surface area (Å²) >= 11 is 0. The predicted molar refractivity (Wildman–Crippen MR) is 189 cm³/mol. The lowest BCUT2D eigenvalue weighted by Crippen LogP contribution is -2.51. The fraction of sp³-hybridized carbons (Fsp3) is 0.487. The van der Waals surface area contributed by atoms with Crippen LogP contribution in [0.1, 0.15) is 69.6 Å². The summed E-state index contributed by atoms with van der Waals surface area (Å²) in [4.78, 5) is 28.8. The van der Waals surface area contributed by atoms with Crippen molar-refractivity contribution < 1.29 is 32.2 Å². The van der Waals surface area contributed by atoms with Gasteiger partial charge in [0.15, 0.2) is 9.84 Å². The van der Waals surface area contributed by atoms with Crippen molar-refractivity contribution in [3.63, 3.8) is 0 Å². The molecule has 0 aromatic heterocycles. The number of carbonyl (C=O) groups is 2. The third-order valence-electron chi connectivity index (χ3n) is 9.78. The van der Waals surface area contributed by atoms with Gasteiger partial charge in [0.05, 0.1) is 18.1 Å². The first-order chi connectivity index (χ1) is 23.4. The predicted octanol–water partition coefficient (Wildman–Crippen LogP) is 7.41. The summed E-state index contributed by atoms with van der Waals surface area (Å²) in [6, 6.07) is 23.3. The first-order valence-corrected chi connectivity index (χ1v) is 19.2. The number of amides is 2. The summed E-state index contributed by atoms with van der Waals surface area (Å²) < 4.78 is 43.3. The minimum Gasteiger partial charge on any atom is -0.487 e. The van der Waals surface area contributed by atoms with Crippen LogP contribution in [0.3, 0.4) is 0 Å². The minimum atomic E-state index is -3.28. The molecule has 0 aliphatic carbocycles. The Balaban J connectivity index is 0.959. The second-order valence-electron chi connectivity index (χ2n) is 14.8. The Hall–Kier alpha value is -4.05. The van der Waals surface area contributed by atoms with Gasteiger partial charge in [-0.1, -0.05) is 60.7 Å². The molecule has 3 aromatic carbocycles. The third-order valence-corrected chi connectivity index (χ3v) is 11.3. The number of likely N-dealkylation sites (tertiary alicyclic amines) is 2. The maximum Gasteiger partial charge on any atom is 0.410 e. The fourth-order valence-electron chi connectivity index (χ4n) is 6.97. The van der Waals surface area contributed by atoms with Crippen LogP contribution in [0.5, 0.6) is 5.75 Å². The highest BCUT2D eigenvalue weighted by molar-refractivity contribution is 7.89. The van der Waals surface area contributed by atoms with E-state index in [9.17, 15) is 18.0 Å². The topological polar surface area (TPSA) is 102 Å². The van der Waals surface area contributed by atoms with Crippen molar-refractivity contribution in [3.8, 4) is 16.9 Å². The van der Waals surface area contributed by atoms with Gasteiger partial charge in [-0.3, -0.25) is 0 Å². The lowest BCUT2D eigenvalue weighted by atomic mass is 9.82. The van der Waals surface area contributed by atoms with Crippen LogP contribution in [0.15, 0.2) is 72.8 Å². The molecule has 2 amide bonds. The van der Waals surface area contributed by atoms with Crippen molar-refractivity contribution in [3.05, 3.63) is 89.5 Å². The molecule has 3 aliphatic rings. The van der Waals surface area contributed by atoms with Gasteiger partial charge in [-0.15, -0.1) is 0 Å². The van der Waals surface area contributed by atoms with E-state index >= 15 is 0 Å². The zero-order valence-electron chi connectivity index (χ0n) is 28.9. The molecule has 262 valence electrons. The highest BCUT2D eigenvalue weighted by Crippen LogP contribution is 2.41. The van der Waals surface area contributed by atoms with Crippen LogP contribution in [0.4, 0.5) is 9.59 Å². The Bertz CT molecular complexity index is 1720. The Morgan fingerprint density at radius 1 is 0.796 bits per heavy atom. The molecule has 3 heterocycles. The van der Waals surface area contributed by atoms with E-state index in [1.54, 1.807) is 9.80 Å².